The van der Waals surface area contributed by atoms with Crippen LogP contribution in [-0.2, 0) is 9.53 Å². The number of pyridine rings is 1. The fourth-order valence-corrected chi connectivity index (χ4v) is 3.37. The molecule has 5 nitrogen and oxygen atoms in total. The Morgan fingerprint density at radius 3 is 2.62 bits per heavy atom. The molecule has 0 radical (unpaired) electrons. The van der Waals surface area contributed by atoms with Crippen molar-refractivity contribution in [3.63, 3.8) is 0 Å². The summed E-state index contributed by atoms with van der Waals surface area (Å²) in [5, 5.41) is 3.82. The van der Waals surface area contributed by atoms with Gasteiger partial charge in [0.05, 0.1) is 12.6 Å². The number of amides is 1. The SMILES string of the molecule is COC(=O)[C@@H](NC(=O)c1ccc2ccccc2n1)C1CCCCC1. The van der Waals surface area contributed by atoms with Crippen LogP contribution in [0.3, 0.4) is 0 Å². The van der Waals surface area contributed by atoms with Crippen LogP contribution in [0.5, 0.6) is 0 Å². The molecule has 0 aliphatic heterocycles. The maximum Gasteiger partial charge on any atom is 0.328 e. The lowest BCUT2D eigenvalue weighted by Crippen LogP contribution is -2.47. The van der Waals surface area contributed by atoms with E-state index in [1.807, 2.05) is 30.3 Å². The summed E-state index contributed by atoms with van der Waals surface area (Å²) >= 11 is 0. The van der Waals surface area contributed by atoms with Crippen molar-refractivity contribution in [2.45, 2.75) is 38.1 Å². The molecule has 1 aliphatic rings. The summed E-state index contributed by atoms with van der Waals surface area (Å²) in [5.74, 6) is -0.576. The molecule has 24 heavy (non-hydrogen) atoms. The van der Waals surface area contributed by atoms with Gasteiger partial charge in [0.1, 0.15) is 11.7 Å². The van der Waals surface area contributed by atoms with E-state index in [0.29, 0.717) is 5.69 Å². The number of hydrogen-bond acceptors (Lipinski definition) is 4. The number of hydrogen-bond donors (Lipinski definition) is 1. The summed E-state index contributed by atoms with van der Waals surface area (Å²) < 4.78 is 4.90. The molecule has 0 bridgehead atoms. The highest BCUT2D eigenvalue weighted by molar-refractivity contribution is 5.97. The van der Waals surface area contributed by atoms with Gasteiger partial charge in [-0.1, -0.05) is 43.5 Å². The van der Waals surface area contributed by atoms with Gasteiger partial charge >= 0.3 is 5.97 Å². The maximum absolute atomic E-state index is 12.6. The topological polar surface area (TPSA) is 68.3 Å². The molecule has 5 heteroatoms. The van der Waals surface area contributed by atoms with E-state index in [1.165, 1.54) is 13.5 Å². The van der Waals surface area contributed by atoms with Crippen LogP contribution in [0.4, 0.5) is 0 Å². The number of carbonyl (C=O) groups is 2. The first-order chi connectivity index (χ1) is 11.7. The Balaban J connectivity index is 1.79. The first kappa shape index (κ1) is 16.4. The van der Waals surface area contributed by atoms with Gasteiger partial charge in [0.15, 0.2) is 0 Å². The highest BCUT2D eigenvalue weighted by Crippen LogP contribution is 2.27. The Morgan fingerprint density at radius 1 is 1.12 bits per heavy atom. The molecule has 0 unspecified atom stereocenters. The number of nitrogens with one attached hydrogen (secondary N) is 1. The number of carbonyl (C=O) groups excluding carboxylic acids is 2. The largest absolute Gasteiger partial charge is 0.467 e. The van der Waals surface area contributed by atoms with Gasteiger partial charge in [0.2, 0.25) is 0 Å². The van der Waals surface area contributed by atoms with Crippen molar-refractivity contribution in [1.29, 1.82) is 0 Å². The van der Waals surface area contributed by atoms with Gasteiger partial charge in [-0.3, -0.25) is 4.79 Å². The van der Waals surface area contributed by atoms with Crippen LogP contribution in [0.15, 0.2) is 36.4 Å². The first-order valence-corrected chi connectivity index (χ1v) is 8.43. The van der Waals surface area contributed by atoms with Gasteiger partial charge in [-0.05, 0) is 30.9 Å². The number of ether oxygens (including phenoxy) is 1. The Bertz CT molecular complexity index is 738. The smallest absolute Gasteiger partial charge is 0.328 e. The minimum atomic E-state index is -0.601. The number of rotatable bonds is 4. The molecule has 1 heterocycles. The average molecular weight is 326 g/mol. The molecule has 1 aliphatic carbocycles. The van der Waals surface area contributed by atoms with Crippen molar-refractivity contribution >= 4 is 22.8 Å². The molecule has 0 spiro atoms. The molecule has 1 atom stereocenters. The minimum absolute atomic E-state index is 0.135. The Kier molecular flexibility index (Phi) is 5.08. The second-order valence-corrected chi connectivity index (χ2v) is 6.26. The average Bonchev–Trinajstić information content (AvgIpc) is 2.65. The van der Waals surface area contributed by atoms with Gasteiger partial charge in [0, 0.05) is 5.39 Å². The second kappa shape index (κ2) is 7.43. The quantitative estimate of drug-likeness (QED) is 0.877. The molecule has 1 aromatic carbocycles. The van der Waals surface area contributed by atoms with Crippen molar-refractivity contribution < 1.29 is 14.3 Å². The van der Waals surface area contributed by atoms with E-state index in [9.17, 15) is 9.59 Å². The normalized spacial score (nSPS) is 16.5. The van der Waals surface area contributed by atoms with Crippen LogP contribution in [-0.4, -0.2) is 30.0 Å². The fourth-order valence-electron chi connectivity index (χ4n) is 3.37. The molecular formula is C19H22N2O3. The third kappa shape index (κ3) is 3.55. The highest BCUT2D eigenvalue weighted by atomic mass is 16.5. The fraction of sp³-hybridized carbons (Fsp3) is 0.421. The van der Waals surface area contributed by atoms with E-state index in [2.05, 4.69) is 10.3 Å². The van der Waals surface area contributed by atoms with Gasteiger partial charge in [-0.25, -0.2) is 9.78 Å². The first-order valence-electron chi connectivity index (χ1n) is 8.43. The van der Waals surface area contributed by atoms with E-state index < -0.39 is 6.04 Å². The second-order valence-electron chi connectivity index (χ2n) is 6.26. The third-order valence-corrected chi connectivity index (χ3v) is 4.69. The molecule has 126 valence electrons. The number of fused-ring (bicyclic) bond motifs is 1. The number of para-hydroxylation sites is 1. The molecule has 2 aromatic rings. The highest BCUT2D eigenvalue weighted by Gasteiger charge is 2.32. The number of esters is 1. The minimum Gasteiger partial charge on any atom is -0.467 e. The molecule has 1 fully saturated rings. The molecule has 1 N–H and O–H groups in total. The van der Waals surface area contributed by atoms with E-state index in [0.717, 1.165) is 36.6 Å². The lowest BCUT2D eigenvalue weighted by molar-refractivity contribution is -0.144. The van der Waals surface area contributed by atoms with Crippen LogP contribution < -0.4 is 5.32 Å². The molecule has 1 amide bonds. The number of methoxy groups -OCH3 is 1. The standard InChI is InChI=1S/C19H22N2O3/c1-24-19(23)17(14-8-3-2-4-9-14)21-18(22)16-12-11-13-7-5-6-10-15(13)20-16/h5-7,10-12,14,17H,2-4,8-9H2,1H3,(H,21,22)/t17-/m0/s1. The lowest BCUT2D eigenvalue weighted by Gasteiger charge is -2.28. The number of aromatic nitrogens is 1. The molecule has 3 rings (SSSR count). The maximum atomic E-state index is 12.6. The van der Waals surface area contributed by atoms with Crippen LogP contribution >= 0.6 is 0 Å². The van der Waals surface area contributed by atoms with Crippen LogP contribution in [0, 0.1) is 5.92 Å². The van der Waals surface area contributed by atoms with Crippen LogP contribution in [0.1, 0.15) is 42.6 Å². The molecule has 1 saturated carbocycles. The Morgan fingerprint density at radius 2 is 1.88 bits per heavy atom. The van der Waals surface area contributed by atoms with Crippen LogP contribution in [0.25, 0.3) is 10.9 Å². The predicted molar refractivity (Wildman–Crippen MR) is 91.6 cm³/mol. The Hall–Kier alpha value is -2.43. The van der Waals surface area contributed by atoms with Crippen molar-refractivity contribution in [1.82, 2.24) is 10.3 Å². The van der Waals surface area contributed by atoms with E-state index in [-0.39, 0.29) is 17.8 Å². The molecule has 0 saturated heterocycles. The number of benzene rings is 1. The zero-order valence-electron chi connectivity index (χ0n) is 13.8. The van der Waals surface area contributed by atoms with Gasteiger partial charge in [-0.2, -0.15) is 0 Å². The number of nitrogens with zero attached hydrogens (tertiary/aromatic N) is 1. The summed E-state index contributed by atoms with van der Waals surface area (Å²) in [5.41, 5.74) is 1.08. The summed E-state index contributed by atoms with van der Waals surface area (Å²) in [4.78, 5) is 29.1. The van der Waals surface area contributed by atoms with E-state index >= 15 is 0 Å². The third-order valence-electron chi connectivity index (χ3n) is 4.69. The van der Waals surface area contributed by atoms with E-state index in [4.69, 9.17) is 4.74 Å². The zero-order valence-corrected chi connectivity index (χ0v) is 13.8. The molecular weight excluding hydrogens is 304 g/mol. The van der Waals surface area contributed by atoms with Gasteiger partial charge in [-0.15, -0.1) is 0 Å². The van der Waals surface area contributed by atoms with Gasteiger partial charge < -0.3 is 10.1 Å². The predicted octanol–water partition coefficient (Wildman–Crippen LogP) is 3.09. The van der Waals surface area contributed by atoms with Crippen LogP contribution in [0.2, 0.25) is 0 Å². The summed E-state index contributed by atoms with van der Waals surface area (Å²) in [6.07, 6.45) is 5.23. The van der Waals surface area contributed by atoms with E-state index in [1.54, 1.807) is 6.07 Å². The van der Waals surface area contributed by atoms with Crippen molar-refractivity contribution in [2.24, 2.45) is 5.92 Å². The molecule has 1 aromatic heterocycles. The van der Waals surface area contributed by atoms with Crippen molar-refractivity contribution in [3.8, 4) is 0 Å². The van der Waals surface area contributed by atoms with Crippen molar-refractivity contribution in [2.75, 3.05) is 7.11 Å². The van der Waals surface area contributed by atoms with Crippen molar-refractivity contribution in [3.05, 3.63) is 42.1 Å². The Labute approximate surface area is 141 Å². The monoisotopic (exact) mass is 326 g/mol. The summed E-state index contributed by atoms with van der Waals surface area (Å²) in [6, 6.07) is 10.6. The zero-order chi connectivity index (χ0) is 16.9. The summed E-state index contributed by atoms with van der Waals surface area (Å²) in [6.45, 7) is 0. The summed E-state index contributed by atoms with van der Waals surface area (Å²) in [7, 11) is 1.36. The van der Waals surface area contributed by atoms with Gasteiger partial charge in [0.25, 0.3) is 5.91 Å². The lowest BCUT2D eigenvalue weighted by atomic mass is 9.84.